The van der Waals surface area contributed by atoms with Crippen molar-refractivity contribution in [2.24, 2.45) is 4.99 Å². The predicted molar refractivity (Wildman–Crippen MR) is 33.3 cm³/mol. The van der Waals surface area contributed by atoms with Crippen LogP contribution in [-0.2, 0) is 0 Å². The van der Waals surface area contributed by atoms with Crippen LogP contribution in [-0.4, -0.2) is 6.21 Å². The first-order chi connectivity index (χ1) is 3.39. The summed E-state index contributed by atoms with van der Waals surface area (Å²) >= 11 is 3.19. The summed E-state index contributed by atoms with van der Waals surface area (Å²) in [4.78, 5) is 3.81. The minimum atomic E-state index is 0. The van der Waals surface area contributed by atoms with Gasteiger partial charge < -0.3 is 4.99 Å². The summed E-state index contributed by atoms with van der Waals surface area (Å²) in [5, 5.41) is 0. The summed E-state index contributed by atoms with van der Waals surface area (Å²) in [6.45, 7) is 1.69. The second kappa shape index (κ2) is 4.06. The molecule has 1 aliphatic heterocycles. The summed E-state index contributed by atoms with van der Waals surface area (Å²) < 4.78 is 0.898. The molecule has 0 aromatic rings. The van der Waals surface area contributed by atoms with Crippen molar-refractivity contribution in [3.8, 4) is 0 Å². The van der Waals surface area contributed by atoms with E-state index in [1.54, 1.807) is 18.8 Å². The van der Waals surface area contributed by atoms with E-state index in [1.165, 1.54) is 0 Å². The standard InChI is InChI=1S/C5H3BrN.Li/c6-5-2-1-3-7-4-5;/h1,3-4H;/q-1;+1. The molecule has 36 valence electrons. The van der Waals surface area contributed by atoms with E-state index in [2.05, 4.69) is 26.7 Å². The Morgan fingerprint density at radius 1 is 1.75 bits per heavy atom. The van der Waals surface area contributed by atoms with E-state index in [4.69, 9.17) is 0 Å². The minimum Gasteiger partial charge on any atom is -0.389 e. The Balaban J connectivity index is 0.000000490. The zero-order chi connectivity index (χ0) is 5.11. The van der Waals surface area contributed by atoms with Crippen LogP contribution in [0.4, 0.5) is 0 Å². The molecule has 0 fully saturated rings. The SMILES string of the molecule is BrC1=C=CC=N[CH-]1.[Li+]. The van der Waals surface area contributed by atoms with Gasteiger partial charge in [0.25, 0.3) is 0 Å². The van der Waals surface area contributed by atoms with Crippen LogP contribution in [0.25, 0.3) is 0 Å². The van der Waals surface area contributed by atoms with E-state index in [1.807, 2.05) is 0 Å². The third-order valence-electron chi connectivity index (χ3n) is 0.570. The Hall–Kier alpha value is 0.137. The molecule has 8 heavy (non-hydrogen) atoms. The van der Waals surface area contributed by atoms with Crippen LogP contribution in [0.3, 0.4) is 0 Å². The molecule has 0 atom stereocenters. The first kappa shape index (κ1) is 8.14. The van der Waals surface area contributed by atoms with Crippen LogP contribution >= 0.6 is 15.9 Å². The van der Waals surface area contributed by atoms with Crippen LogP contribution < -0.4 is 18.9 Å². The molecular weight excluding hydrogens is 161 g/mol. The van der Waals surface area contributed by atoms with Gasteiger partial charge in [-0.2, -0.15) is 0 Å². The summed E-state index contributed by atoms with van der Waals surface area (Å²) in [6, 6.07) is 0. The fourth-order valence-corrected chi connectivity index (χ4v) is 0.556. The van der Waals surface area contributed by atoms with Gasteiger partial charge in [-0.05, 0) is 4.48 Å². The van der Waals surface area contributed by atoms with Crippen molar-refractivity contribution >= 4 is 22.1 Å². The van der Waals surface area contributed by atoms with Gasteiger partial charge in [0.05, 0.1) is 0 Å². The van der Waals surface area contributed by atoms with Gasteiger partial charge >= 0.3 is 18.9 Å². The number of nitrogens with zero attached hydrogens (tertiary/aromatic N) is 1. The Morgan fingerprint density at radius 2 is 2.50 bits per heavy atom. The Labute approximate surface area is 68.9 Å². The second-order valence-corrected chi connectivity index (χ2v) is 1.94. The minimum absolute atomic E-state index is 0. The maximum absolute atomic E-state index is 3.81. The molecule has 0 amide bonds. The van der Waals surface area contributed by atoms with Gasteiger partial charge in [-0.25, -0.2) is 0 Å². The fourth-order valence-electron chi connectivity index (χ4n) is 0.306. The number of hydrogen-bond donors (Lipinski definition) is 0. The summed E-state index contributed by atoms with van der Waals surface area (Å²) in [5.41, 5.74) is 2.89. The van der Waals surface area contributed by atoms with Crippen LogP contribution in [0.5, 0.6) is 0 Å². The van der Waals surface area contributed by atoms with E-state index in [0.717, 1.165) is 4.48 Å². The normalized spacial score (nSPS) is 13.9. The predicted octanol–water partition coefficient (Wildman–Crippen LogP) is -1.33. The van der Waals surface area contributed by atoms with Crippen molar-refractivity contribution in [3.63, 3.8) is 0 Å². The smallest absolute Gasteiger partial charge is 0.389 e. The first-order valence-electron chi connectivity index (χ1n) is 1.87. The topological polar surface area (TPSA) is 12.4 Å². The molecule has 0 bridgehead atoms. The third kappa shape index (κ3) is 2.45. The number of hydrogen-bond acceptors (Lipinski definition) is 1. The van der Waals surface area contributed by atoms with Crippen molar-refractivity contribution < 1.29 is 18.9 Å². The molecule has 0 saturated heterocycles. The molecule has 0 spiro atoms. The second-order valence-electron chi connectivity index (χ2n) is 1.09. The average Bonchev–Trinajstić information content (AvgIpc) is 1.69. The molecule has 1 aliphatic rings. The molecule has 1 rings (SSSR count). The van der Waals surface area contributed by atoms with Crippen molar-refractivity contribution in [3.05, 3.63) is 22.8 Å². The average molecular weight is 164 g/mol. The molecule has 1 heterocycles. The molecule has 0 radical (unpaired) electrons. The molecule has 0 saturated carbocycles. The van der Waals surface area contributed by atoms with Crippen LogP contribution in [0.15, 0.2) is 21.3 Å². The largest absolute Gasteiger partial charge is 1.00 e. The van der Waals surface area contributed by atoms with E-state index in [-0.39, 0.29) is 18.9 Å². The van der Waals surface area contributed by atoms with Gasteiger partial charge in [0, 0.05) is 0 Å². The van der Waals surface area contributed by atoms with Gasteiger partial charge in [-0.3, -0.25) is 5.73 Å². The van der Waals surface area contributed by atoms with Crippen molar-refractivity contribution in [2.75, 3.05) is 0 Å². The van der Waals surface area contributed by atoms with Gasteiger partial charge in [0.1, 0.15) is 0 Å². The summed E-state index contributed by atoms with van der Waals surface area (Å²) in [5.74, 6) is 0. The molecule has 0 aromatic carbocycles. The van der Waals surface area contributed by atoms with Crippen LogP contribution in [0.2, 0.25) is 0 Å². The monoisotopic (exact) mass is 163 g/mol. The maximum atomic E-state index is 3.81. The zero-order valence-corrected chi connectivity index (χ0v) is 6.14. The Morgan fingerprint density at radius 3 is 2.75 bits per heavy atom. The molecule has 3 heteroatoms. The molecule has 0 unspecified atom stereocenters. The Kier molecular flexibility index (Phi) is 4.13. The van der Waals surface area contributed by atoms with E-state index in [0.29, 0.717) is 0 Å². The fraction of sp³-hybridized carbons (Fsp3) is 0. The van der Waals surface area contributed by atoms with Gasteiger partial charge in [0.2, 0.25) is 0 Å². The van der Waals surface area contributed by atoms with Crippen molar-refractivity contribution in [1.29, 1.82) is 0 Å². The van der Waals surface area contributed by atoms with Gasteiger partial charge in [0.15, 0.2) is 0 Å². The molecule has 0 aromatic heterocycles. The number of halogens is 1. The van der Waals surface area contributed by atoms with E-state index >= 15 is 0 Å². The zero-order valence-electron chi connectivity index (χ0n) is 4.56. The van der Waals surface area contributed by atoms with Crippen LogP contribution in [0.1, 0.15) is 0 Å². The van der Waals surface area contributed by atoms with E-state index in [9.17, 15) is 0 Å². The van der Waals surface area contributed by atoms with Gasteiger partial charge in [-0.1, -0.05) is 28.7 Å². The quantitative estimate of drug-likeness (QED) is 0.239. The molecular formula is C5H3BrLiN. The van der Waals surface area contributed by atoms with E-state index < -0.39 is 0 Å². The first-order valence-corrected chi connectivity index (χ1v) is 2.66. The number of rotatable bonds is 0. The maximum Gasteiger partial charge on any atom is 1.00 e. The summed E-state index contributed by atoms with van der Waals surface area (Å²) in [6.07, 6.45) is 3.44. The molecule has 0 N–H and O–H groups in total. The number of aliphatic imine (C=N–C) groups is 1. The van der Waals surface area contributed by atoms with Crippen molar-refractivity contribution in [1.82, 2.24) is 0 Å². The third-order valence-corrected chi connectivity index (χ3v) is 1.00. The molecule has 1 nitrogen and oxygen atoms in total. The molecule has 0 aliphatic carbocycles. The van der Waals surface area contributed by atoms with Gasteiger partial charge in [-0.15, -0.1) is 6.08 Å². The van der Waals surface area contributed by atoms with Crippen LogP contribution in [0, 0.1) is 6.54 Å². The Bertz CT molecular complexity index is 156. The summed E-state index contributed by atoms with van der Waals surface area (Å²) in [7, 11) is 0. The van der Waals surface area contributed by atoms with Crippen molar-refractivity contribution in [2.45, 2.75) is 0 Å².